The number of piperidine rings is 1. The lowest BCUT2D eigenvalue weighted by atomic mass is 9.96. The Balaban J connectivity index is 1.62. The second kappa shape index (κ2) is 9.57. The number of hydrogen-bond donors (Lipinski definition) is 0. The lowest BCUT2D eigenvalue weighted by Crippen LogP contribution is -2.37. The number of carbonyl (C=O) groups is 1. The van der Waals surface area contributed by atoms with Crippen molar-refractivity contribution in [1.29, 1.82) is 0 Å². The molecule has 9 heteroatoms. The largest absolute Gasteiger partial charge is 0.612 e. The molecule has 1 aliphatic rings. The van der Waals surface area contributed by atoms with E-state index in [1.54, 1.807) is 29.1 Å². The molecule has 0 saturated carbocycles. The van der Waals surface area contributed by atoms with E-state index in [-0.39, 0.29) is 5.92 Å². The van der Waals surface area contributed by atoms with E-state index in [4.69, 9.17) is 0 Å². The standard InChI is InChI=1S/C21H23N3O3S3/c1-30(27)16-6-7-19-20(14-16)29-24(17-4-2-3-5-18(17)28-19)13-12-23-10-8-15(9-11-23)21(25)22-26/h2-7,14-15H,8-13H2,1H3. The third-order valence-corrected chi connectivity index (χ3v) is 8.78. The first-order valence-electron chi connectivity index (χ1n) is 9.84. The molecule has 1 fully saturated rings. The smallest absolute Gasteiger partial charge is 0.289 e. The van der Waals surface area contributed by atoms with Crippen molar-refractivity contribution < 1.29 is 9.35 Å². The molecule has 0 aliphatic carbocycles. The van der Waals surface area contributed by atoms with E-state index in [1.165, 1.54) is 14.9 Å². The number of nitrogens with zero attached hydrogens (tertiary/aromatic N) is 3. The minimum absolute atomic E-state index is 0.219. The fraction of sp³-hybridized carbons (Fsp3) is 0.381. The molecule has 3 aromatic rings. The third-order valence-electron chi connectivity index (χ3n) is 5.46. The van der Waals surface area contributed by atoms with Gasteiger partial charge in [0, 0.05) is 35.0 Å². The molecule has 0 bridgehead atoms. The SMILES string of the molecule is C[S+]([O-])c1ccc2sc3ccccc3n(CCN3CCC(C(=O)N=O)CC3)sc2c1. The summed E-state index contributed by atoms with van der Waals surface area (Å²) in [4.78, 5) is 25.2. The minimum Gasteiger partial charge on any atom is -0.612 e. The fourth-order valence-corrected chi connectivity index (χ4v) is 6.62. The molecule has 1 saturated heterocycles. The van der Waals surface area contributed by atoms with E-state index in [2.05, 4.69) is 44.4 Å². The first kappa shape index (κ1) is 21.5. The predicted molar refractivity (Wildman–Crippen MR) is 125 cm³/mol. The molecule has 1 unspecified atom stereocenters. The number of carbonyl (C=O) groups excluding carboxylic acids is 1. The van der Waals surface area contributed by atoms with Gasteiger partial charge < -0.3 is 9.45 Å². The second-order valence-corrected chi connectivity index (χ2v) is 10.9. The van der Waals surface area contributed by atoms with Crippen LogP contribution in [0.1, 0.15) is 12.8 Å². The maximum absolute atomic E-state index is 12.0. The van der Waals surface area contributed by atoms with Crippen LogP contribution in [-0.2, 0) is 22.5 Å². The molecule has 0 N–H and O–H groups in total. The first-order chi connectivity index (χ1) is 14.5. The van der Waals surface area contributed by atoms with Crippen LogP contribution in [0.3, 0.4) is 0 Å². The number of fused-ring (bicyclic) bond motifs is 2. The van der Waals surface area contributed by atoms with Crippen LogP contribution in [0.2, 0.25) is 0 Å². The van der Waals surface area contributed by atoms with E-state index < -0.39 is 17.1 Å². The van der Waals surface area contributed by atoms with Crippen LogP contribution < -0.4 is 0 Å². The molecule has 1 aromatic heterocycles. The van der Waals surface area contributed by atoms with Crippen LogP contribution in [0, 0.1) is 10.8 Å². The number of benzene rings is 2. The summed E-state index contributed by atoms with van der Waals surface area (Å²) in [6.07, 6.45) is 3.09. The van der Waals surface area contributed by atoms with E-state index in [0.29, 0.717) is 12.8 Å². The van der Waals surface area contributed by atoms with E-state index in [1.807, 2.05) is 12.1 Å². The highest BCUT2D eigenvalue weighted by Gasteiger charge is 2.25. The Morgan fingerprint density at radius 1 is 1.13 bits per heavy atom. The molecule has 2 aromatic carbocycles. The van der Waals surface area contributed by atoms with Crippen LogP contribution in [0.4, 0.5) is 0 Å². The molecule has 2 heterocycles. The Bertz CT molecular complexity index is 1110. The van der Waals surface area contributed by atoms with Gasteiger partial charge in [0.05, 0.1) is 14.9 Å². The van der Waals surface area contributed by atoms with Gasteiger partial charge in [-0.3, -0.25) is 8.75 Å². The van der Waals surface area contributed by atoms with Crippen LogP contribution in [0.5, 0.6) is 0 Å². The summed E-state index contributed by atoms with van der Waals surface area (Å²) < 4.78 is 17.8. The van der Waals surface area contributed by atoms with Gasteiger partial charge >= 0.3 is 0 Å². The Hall–Kier alpha value is -1.78. The number of amides is 1. The third kappa shape index (κ3) is 4.76. The highest BCUT2D eigenvalue weighted by atomic mass is 32.2. The van der Waals surface area contributed by atoms with Crippen molar-refractivity contribution in [3.63, 3.8) is 0 Å². The van der Waals surface area contributed by atoms with Crippen molar-refractivity contribution in [2.75, 3.05) is 25.9 Å². The topological polar surface area (TPSA) is 77.7 Å². The van der Waals surface area contributed by atoms with Crippen molar-refractivity contribution in [3.8, 4) is 0 Å². The van der Waals surface area contributed by atoms with Gasteiger partial charge in [0.15, 0.2) is 4.90 Å². The van der Waals surface area contributed by atoms with Gasteiger partial charge in [-0.1, -0.05) is 23.7 Å². The van der Waals surface area contributed by atoms with Gasteiger partial charge in [-0.05, 0) is 61.4 Å². The predicted octanol–water partition coefficient (Wildman–Crippen LogP) is 4.78. The first-order valence-corrected chi connectivity index (χ1v) is 13.0. The number of rotatable bonds is 5. The quantitative estimate of drug-likeness (QED) is 0.404. The maximum atomic E-state index is 12.0. The molecule has 6 nitrogen and oxygen atoms in total. The van der Waals surface area contributed by atoms with Crippen molar-refractivity contribution in [2.24, 2.45) is 11.1 Å². The normalized spacial score (nSPS) is 16.6. The van der Waals surface area contributed by atoms with Crippen molar-refractivity contribution >= 4 is 59.6 Å². The molecule has 4 rings (SSSR count). The molecule has 1 amide bonds. The number of hydrogen-bond acceptors (Lipinski definition) is 6. The highest BCUT2D eigenvalue weighted by molar-refractivity contribution is 7.90. The Morgan fingerprint density at radius 2 is 1.90 bits per heavy atom. The van der Waals surface area contributed by atoms with Gasteiger partial charge in [0.2, 0.25) is 0 Å². The highest BCUT2D eigenvalue weighted by Crippen LogP contribution is 2.30. The van der Waals surface area contributed by atoms with Crippen LogP contribution in [-0.4, -0.2) is 45.2 Å². The average molecular weight is 462 g/mol. The van der Waals surface area contributed by atoms with Crippen molar-refractivity contribution in [1.82, 2.24) is 8.86 Å². The summed E-state index contributed by atoms with van der Waals surface area (Å²) in [7, 11) is 0. The maximum Gasteiger partial charge on any atom is 0.289 e. The summed E-state index contributed by atoms with van der Waals surface area (Å²) in [6.45, 7) is 3.30. The average Bonchev–Trinajstić information content (AvgIpc) is 2.93. The molecule has 30 heavy (non-hydrogen) atoms. The minimum atomic E-state index is -1.02. The van der Waals surface area contributed by atoms with E-state index in [0.717, 1.165) is 35.8 Å². The number of likely N-dealkylation sites (tertiary alicyclic amines) is 1. The summed E-state index contributed by atoms with van der Waals surface area (Å²) in [5.74, 6) is -0.729. The zero-order valence-electron chi connectivity index (χ0n) is 16.7. The number of para-hydroxylation sites is 1. The summed E-state index contributed by atoms with van der Waals surface area (Å²) in [5, 5.41) is 2.59. The summed E-state index contributed by atoms with van der Waals surface area (Å²) in [5.41, 5.74) is 1.18. The Labute approximate surface area is 186 Å². The zero-order chi connectivity index (χ0) is 21.1. The second-order valence-electron chi connectivity index (χ2n) is 7.37. The van der Waals surface area contributed by atoms with Crippen molar-refractivity contribution in [2.45, 2.75) is 24.3 Å². The number of aromatic nitrogens is 1. The van der Waals surface area contributed by atoms with E-state index >= 15 is 0 Å². The lowest BCUT2D eigenvalue weighted by molar-refractivity contribution is -0.123. The molecule has 0 spiro atoms. The van der Waals surface area contributed by atoms with Gasteiger partial charge in [-0.2, -0.15) is 0 Å². The number of nitroso groups, excluding NO2 is 1. The lowest BCUT2D eigenvalue weighted by Gasteiger charge is -2.30. The Morgan fingerprint density at radius 3 is 2.63 bits per heavy atom. The van der Waals surface area contributed by atoms with Gasteiger partial charge in [0.1, 0.15) is 6.26 Å². The molecule has 158 valence electrons. The summed E-state index contributed by atoms with van der Waals surface area (Å²) >= 11 is 2.42. The molecule has 0 radical (unpaired) electrons. The summed E-state index contributed by atoms with van der Waals surface area (Å²) in [6, 6.07) is 14.4. The van der Waals surface area contributed by atoms with Gasteiger partial charge in [0.25, 0.3) is 5.91 Å². The van der Waals surface area contributed by atoms with Crippen LogP contribution in [0.15, 0.2) is 52.5 Å². The van der Waals surface area contributed by atoms with E-state index in [9.17, 15) is 14.3 Å². The molecular formula is C21H23N3O3S3. The fourth-order valence-electron chi connectivity index (χ4n) is 3.74. The van der Waals surface area contributed by atoms with Gasteiger partial charge in [-0.15, -0.1) is 16.2 Å². The zero-order valence-corrected chi connectivity index (χ0v) is 19.1. The van der Waals surface area contributed by atoms with Crippen LogP contribution >= 0.6 is 22.9 Å². The molecule has 1 atom stereocenters. The van der Waals surface area contributed by atoms with Gasteiger partial charge in [-0.25, -0.2) is 0 Å². The Kier molecular flexibility index (Phi) is 6.84. The monoisotopic (exact) mass is 461 g/mol. The molecular weight excluding hydrogens is 438 g/mol. The van der Waals surface area contributed by atoms with Crippen LogP contribution in [0.25, 0.3) is 19.6 Å². The molecule has 1 aliphatic heterocycles. The van der Waals surface area contributed by atoms with Crippen molar-refractivity contribution in [3.05, 3.63) is 47.4 Å².